The van der Waals surface area contributed by atoms with E-state index in [0.717, 1.165) is 6.42 Å². The smallest absolute Gasteiger partial charge is 0.0462 e. The summed E-state index contributed by atoms with van der Waals surface area (Å²) in [6.45, 7) is 20.1. The molecule has 0 bridgehead atoms. The highest BCUT2D eigenvalue weighted by Crippen LogP contribution is 2.61. The predicted octanol–water partition coefficient (Wildman–Crippen LogP) is 6.98. The molecule has 2 aliphatic carbocycles. The van der Waals surface area contributed by atoms with Crippen molar-refractivity contribution in [3.05, 3.63) is 65.6 Å². The second-order valence-corrected chi connectivity index (χ2v) is 10.4. The van der Waals surface area contributed by atoms with E-state index in [9.17, 15) is 0 Å². The molecule has 4 rings (SSSR count). The molecule has 1 fully saturated rings. The third kappa shape index (κ3) is 2.37. The Morgan fingerprint density at radius 3 is 2.54 bits per heavy atom. The summed E-state index contributed by atoms with van der Waals surface area (Å²) in [6, 6.07) is 7.03. The quantitative estimate of drug-likeness (QED) is 0.559. The number of fused-ring (bicyclic) bond motifs is 2. The molecule has 2 aliphatic rings. The highest BCUT2D eigenvalue weighted by molar-refractivity contribution is 5.91. The van der Waals surface area contributed by atoms with Crippen LogP contribution < -0.4 is 0 Å². The van der Waals surface area contributed by atoms with Crippen molar-refractivity contribution in [3.8, 4) is 0 Å². The van der Waals surface area contributed by atoms with Gasteiger partial charge in [0.25, 0.3) is 0 Å². The van der Waals surface area contributed by atoms with Crippen molar-refractivity contribution in [2.24, 2.45) is 11.3 Å². The normalized spacial score (nSPS) is 31.4. The van der Waals surface area contributed by atoms with Crippen LogP contribution in [0.5, 0.6) is 0 Å². The van der Waals surface area contributed by atoms with Gasteiger partial charge in [0.15, 0.2) is 0 Å². The van der Waals surface area contributed by atoms with Crippen LogP contribution in [0.3, 0.4) is 0 Å². The lowest BCUT2D eigenvalue weighted by atomic mass is 9.50. The zero-order valence-corrected chi connectivity index (χ0v) is 18.4. The average Bonchev–Trinajstić information content (AvgIpc) is 3.06. The lowest BCUT2D eigenvalue weighted by Gasteiger charge is -2.60. The van der Waals surface area contributed by atoms with Gasteiger partial charge in [-0.25, -0.2) is 0 Å². The fourth-order valence-corrected chi connectivity index (χ4v) is 6.23. The Hall–Kier alpha value is -1.80. The summed E-state index contributed by atoms with van der Waals surface area (Å²) in [5, 5.41) is 6.43. The van der Waals surface area contributed by atoms with Gasteiger partial charge in [-0.3, -0.25) is 0 Å². The van der Waals surface area contributed by atoms with Gasteiger partial charge in [0.2, 0.25) is 0 Å². The Morgan fingerprint density at radius 1 is 1.21 bits per heavy atom. The van der Waals surface area contributed by atoms with Crippen LogP contribution in [0.2, 0.25) is 0 Å². The Bertz CT molecular complexity index is 945. The number of likely N-dealkylation sites (N-methyl/N-ethyl adjacent to an activating group) is 1. The first kappa shape index (κ1) is 19.5. The minimum absolute atomic E-state index is 0.0392. The molecule has 0 unspecified atom stereocenters. The van der Waals surface area contributed by atoms with Gasteiger partial charge >= 0.3 is 0 Å². The van der Waals surface area contributed by atoms with Crippen LogP contribution in [0.25, 0.3) is 16.2 Å². The van der Waals surface area contributed by atoms with Gasteiger partial charge in [-0.1, -0.05) is 58.9 Å². The maximum Gasteiger partial charge on any atom is 0.0462 e. The van der Waals surface area contributed by atoms with Crippen molar-refractivity contribution in [3.63, 3.8) is 0 Å². The largest absolute Gasteiger partial charge is 0.661 e. The van der Waals surface area contributed by atoms with Crippen LogP contribution in [-0.4, -0.2) is 18.1 Å². The van der Waals surface area contributed by atoms with Crippen LogP contribution in [0.15, 0.2) is 43.5 Å². The van der Waals surface area contributed by atoms with Crippen molar-refractivity contribution in [1.29, 1.82) is 0 Å². The molecule has 0 amide bonds. The van der Waals surface area contributed by atoms with Gasteiger partial charge in [0.1, 0.15) is 0 Å². The van der Waals surface area contributed by atoms with E-state index in [1.165, 1.54) is 34.1 Å². The SMILES string of the molecule is C=CC(C)(C)c1[nH]c2cccc3c2c1[C@H]1[C@@H](CC[C@@](C)(C=C)[C@H]1[N-]C)C3(C)C. The molecule has 2 aromatic rings. The number of rotatable bonds is 4. The fraction of sp³-hybridized carbons (Fsp3) is 0.538. The van der Waals surface area contributed by atoms with Gasteiger partial charge < -0.3 is 10.3 Å². The fourth-order valence-electron chi connectivity index (χ4n) is 6.23. The maximum absolute atomic E-state index is 5.00. The van der Waals surface area contributed by atoms with Crippen LogP contribution in [-0.2, 0) is 10.8 Å². The zero-order valence-electron chi connectivity index (χ0n) is 18.4. The van der Waals surface area contributed by atoms with Crippen LogP contribution in [0.4, 0.5) is 0 Å². The summed E-state index contributed by atoms with van der Waals surface area (Å²) in [6.07, 6.45) is 6.60. The topological polar surface area (TPSA) is 29.9 Å². The van der Waals surface area contributed by atoms with E-state index >= 15 is 0 Å². The molecule has 1 saturated carbocycles. The lowest BCUT2D eigenvalue weighted by molar-refractivity contribution is 0.115. The lowest BCUT2D eigenvalue weighted by Crippen LogP contribution is -2.50. The van der Waals surface area contributed by atoms with Crippen LogP contribution in [0.1, 0.15) is 70.2 Å². The maximum atomic E-state index is 5.00. The molecular formula is C26H35N2-. The summed E-state index contributed by atoms with van der Waals surface area (Å²) in [7, 11) is 2.00. The third-order valence-corrected chi connectivity index (χ3v) is 8.16. The summed E-state index contributed by atoms with van der Waals surface area (Å²) in [5.74, 6) is 0.970. The van der Waals surface area contributed by atoms with E-state index in [2.05, 4.69) is 83.1 Å². The first-order chi connectivity index (χ1) is 13.1. The van der Waals surface area contributed by atoms with Crippen molar-refractivity contribution in [2.45, 2.75) is 70.3 Å². The van der Waals surface area contributed by atoms with Crippen molar-refractivity contribution in [1.82, 2.24) is 4.98 Å². The summed E-state index contributed by atoms with van der Waals surface area (Å²) in [5.41, 5.74) is 5.60. The molecule has 0 radical (unpaired) electrons. The molecule has 1 N–H and O–H groups in total. The Labute approximate surface area is 170 Å². The van der Waals surface area contributed by atoms with E-state index < -0.39 is 0 Å². The Balaban J connectivity index is 2.11. The molecular weight excluding hydrogens is 340 g/mol. The van der Waals surface area contributed by atoms with Gasteiger partial charge in [-0.2, -0.15) is 7.05 Å². The summed E-state index contributed by atoms with van der Waals surface area (Å²) < 4.78 is 0. The zero-order chi connectivity index (χ0) is 20.5. The standard InChI is InChI=1S/C26H35N2/c1-9-24(3,4)22-21-19-16(12-11-13-18(19)28-22)25(5,6)17-14-15-26(7,10-2)23(27-8)20(17)21/h9-13,17,20,23,28H,1-2,14-15H2,3-8H3/q-1/t17-,20-,23+,26-/m1/s1. The molecule has 2 nitrogen and oxygen atoms in total. The average molecular weight is 376 g/mol. The molecule has 28 heavy (non-hydrogen) atoms. The van der Waals surface area contributed by atoms with Gasteiger partial charge in [-0.05, 0) is 52.7 Å². The highest BCUT2D eigenvalue weighted by atomic mass is 14.9. The van der Waals surface area contributed by atoms with E-state index in [-0.39, 0.29) is 22.3 Å². The number of aromatic nitrogens is 1. The van der Waals surface area contributed by atoms with Gasteiger partial charge in [0.05, 0.1) is 0 Å². The number of allylic oxidation sites excluding steroid dienone is 1. The van der Waals surface area contributed by atoms with Crippen molar-refractivity contribution >= 4 is 10.9 Å². The summed E-state index contributed by atoms with van der Waals surface area (Å²) >= 11 is 0. The number of aromatic amines is 1. The van der Waals surface area contributed by atoms with Crippen molar-refractivity contribution in [2.75, 3.05) is 7.05 Å². The van der Waals surface area contributed by atoms with Gasteiger partial charge in [0, 0.05) is 22.0 Å². The molecule has 150 valence electrons. The Morgan fingerprint density at radius 2 is 1.93 bits per heavy atom. The minimum Gasteiger partial charge on any atom is -0.661 e. The number of hydrogen-bond acceptors (Lipinski definition) is 0. The third-order valence-electron chi connectivity index (χ3n) is 8.16. The number of nitrogens with one attached hydrogen (secondary N) is 1. The minimum atomic E-state index is -0.113. The van der Waals surface area contributed by atoms with E-state index in [1.54, 1.807) is 0 Å². The first-order valence-electron chi connectivity index (χ1n) is 10.6. The highest BCUT2D eigenvalue weighted by Gasteiger charge is 2.51. The number of nitrogens with zero attached hydrogens (tertiary/aromatic N) is 1. The van der Waals surface area contributed by atoms with E-state index in [1.807, 2.05) is 7.05 Å². The number of H-pyrrole nitrogens is 1. The molecule has 1 aromatic heterocycles. The monoisotopic (exact) mass is 375 g/mol. The molecule has 2 heteroatoms. The molecule has 4 atom stereocenters. The summed E-state index contributed by atoms with van der Waals surface area (Å²) in [4.78, 5) is 3.81. The molecule has 1 aromatic carbocycles. The van der Waals surface area contributed by atoms with Gasteiger partial charge in [-0.15, -0.1) is 19.2 Å². The molecule has 0 aliphatic heterocycles. The van der Waals surface area contributed by atoms with Crippen LogP contribution in [0, 0.1) is 11.3 Å². The molecule has 0 spiro atoms. The predicted molar refractivity (Wildman–Crippen MR) is 121 cm³/mol. The number of hydrogen-bond donors (Lipinski definition) is 1. The Kier molecular flexibility index (Phi) is 4.25. The second-order valence-electron chi connectivity index (χ2n) is 10.4. The number of benzene rings is 1. The van der Waals surface area contributed by atoms with E-state index in [0.29, 0.717) is 11.8 Å². The second kappa shape index (κ2) is 6.10. The van der Waals surface area contributed by atoms with Crippen molar-refractivity contribution < 1.29 is 0 Å². The molecule has 0 saturated heterocycles. The van der Waals surface area contributed by atoms with E-state index in [4.69, 9.17) is 5.32 Å². The first-order valence-corrected chi connectivity index (χ1v) is 10.6. The van der Waals surface area contributed by atoms with Crippen LogP contribution >= 0.6 is 0 Å². The molecule has 1 heterocycles.